The van der Waals surface area contributed by atoms with Gasteiger partial charge in [0.05, 0.1) is 32.1 Å². The first-order valence-corrected chi connectivity index (χ1v) is 8.61. The molecule has 1 heterocycles. The molecule has 0 spiro atoms. The number of benzene rings is 1. The fraction of sp³-hybridized carbons (Fsp3) is 0.250. The van der Waals surface area contributed by atoms with Crippen molar-refractivity contribution in [1.82, 2.24) is 4.98 Å². The van der Waals surface area contributed by atoms with Gasteiger partial charge in [-0.05, 0) is 19.1 Å². The van der Waals surface area contributed by atoms with Gasteiger partial charge in [0, 0.05) is 11.8 Å². The molecular weight excluding hydrogens is 366 g/mol. The number of halogens is 5. The van der Waals surface area contributed by atoms with Gasteiger partial charge in [-0.15, -0.1) is 11.3 Å². The van der Waals surface area contributed by atoms with Crippen molar-refractivity contribution in [3.8, 4) is 10.6 Å². The van der Waals surface area contributed by atoms with Crippen molar-refractivity contribution in [2.75, 3.05) is 6.26 Å². The standard InChI is InChI=1S/C12H8Cl2F3NOS2/c1-5-11(21(2)19)20-10(18-5)9-7(13)3-6(4-8(9)14)12(15,16)17/h3-4H,1-2H3. The Balaban J connectivity index is 2.60. The predicted octanol–water partition coefficient (Wildman–Crippen LogP) is 5.18. The van der Waals surface area contributed by atoms with Gasteiger partial charge >= 0.3 is 6.18 Å². The largest absolute Gasteiger partial charge is 0.416 e. The summed E-state index contributed by atoms with van der Waals surface area (Å²) >= 11 is 12.9. The second kappa shape index (κ2) is 5.87. The maximum absolute atomic E-state index is 12.7. The minimum atomic E-state index is -4.53. The lowest BCUT2D eigenvalue weighted by molar-refractivity contribution is -0.137. The van der Waals surface area contributed by atoms with Gasteiger partial charge in [-0.2, -0.15) is 13.2 Å². The Morgan fingerprint density at radius 2 is 1.76 bits per heavy atom. The van der Waals surface area contributed by atoms with E-state index in [9.17, 15) is 17.4 Å². The number of alkyl halides is 3. The van der Waals surface area contributed by atoms with Gasteiger partial charge in [0.1, 0.15) is 9.22 Å². The van der Waals surface area contributed by atoms with Gasteiger partial charge in [-0.25, -0.2) is 4.98 Å². The second-order valence-electron chi connectivity index (χ2n) is 4.16. The molecule has 0 radical (unpaired) electrons. The molecule has 0 amide bonds. The molecule has 1 atom stereocenters. The van der Waals surface area contributed by atoms with Crippen molar-refractivity contribution in [3.05, 3.63) is 33.4 Å². The number of aromatic nitrogens is 1. The normalized spacial score (nSPS) is 13.5. The molecule has 114 valence electrons. The zero-order valence-electron chi connectivity index (χ0n) is 10.7. The molecule has 2 rings (SSSR count). The first kappa shape index (κ1) is 16.7. The van der Waals surface area contributed by atoms with E-state index in [0.29, 0.717) is 14.9 Å². The lowest BCUT2D eigenvalue weighted by atomic mass is 10.1. The van der Waals surface area contributed by atoms with Crippen LogP contribution < -0.4 is 0 Å². The molecular formula is C12H8Cl2F3NOS2. The van der Waals surface area contributed by atoms with Crippen LogP contribution in [0.3, 0.4) is 0 Å². The summed E-state index contributed by atoms with van der Waals surface area (Å²) in [5.41, 5.74) is -0.159. The van der Waals surface area contributed by atoms with Gasteiger partial charge < -0.3 is 0 Å². The first-order chi connectivity index (χ1) is 9.61. The Kier molecular flexibility index (Phi) is 4.68. The first-order valence-electron chi connectivity index (χ1n) is 5.48. The van der Waals surface area contributed by atoms with E-state index in [2.05, 4.69) is 4.98 Å². The van der Waals surface area contributed by atoms with Crippen molar-refractivity contribution in [2.24, 2.45) is 0 Å². The number of hydrogen-bond donors (Lipinski definition) is 0. The van der Waals surface area contributed by atoms with Crippen LogP contribution in [-0.4, -0.2) is 15.4 Å². The van der Waals surface area contributed by atoms with Crippen molar-refractivity contribution >= 4 is 45.3 Å². The molecule has 0 aliphatic carbocycles. The molecule has 0 aliphatic rings. The van der Waals surface area contributed by atoms with Crippen LogP contribution in [0.4, 0.5) is 13.2 Å². The average molecular weight is 374 g/mol. The van der Waals surface area contributed by atoms with E-state index in [1.54, 1.807) is 6.92 Å². The van der Waals surface area contributed by atoms with Crippen LogP contribution in [0.1, 0.15) is 11.3 Å². The Bertz CT molecular complexity index is 705. The molecule has 0 fully saturated rings. The van der Waals surface area contributed by atoms with Crippen molar-refractivity contribution < 1.29 is 17.4 Å². The molecule has 21 heavy (non-hydrogen) atoms. The molecule has 1 aromatic carbocycles. The molecule has 1 aromatic heterocycles. The van der Waals surface area contributed by atoms with E-state index >= 15 is 0 Å². The molecule has 0 aliphatic heterocycles. The highest BCUT2D eigenvalue weighted by molar-refractivity contribution is 7.86. The topological polar surface area (TPSA) is 30.0 Å². The van der Waals surface area contributed by atoms with Crippen LogP contribution in [0, 0.1) is 6.92 Å². The number of aryl methyl sites for hydroxylation is 1. The smallest absolute Gasteiger partial charge is 0.254 e. The SMILES string of the molecule is Cc1nc(-c2c(Cl)cc(C(F)(F)F)cc2Cl)sc1S(C)=O. The third-order valence-corrected chi connectivity index (χ3v) is 5.94. The second-order valence-corrected chi connectivity index (χ2v) is 7.55. The van der Waals surface area contributed by atoms with E-state index < -0.39 is 22.5 Å². The van der Waals surface area contributed by atoms with Crippen LogP contribution in [0.2, 0.25) is 10.0 Å². The fourth-order valence-electron chi connectivity index (χ4n) is 1.70. The molecule has 1 unspecified atom stereocenters. The summed E-state index contributed by atoms with van der Waals surface area (Å²) in [7, 11) is -1.24. The van der Waals surface area contributed by atoms with E-state index in [1.165, 1.54) is 6.26 Å². The van der Waals surface area contributed by atoms with E-state index in [-0.39, 0.29) is 15.6 Å². The summed E-state index contributed by atoms with van der Waals surface area (Å²) in [5.74, 6) is 0. The molecule has 9 heteroatoms. The van der Waals surface area contributed by atoms with Crippen LogP contribution in [0.5, 0.6) is 0 Å². The Morgan fingerprint density at radius 3 is 2.14 bits per heavy atom. The quantitative estimate of drug-likeness (QED) is 0.725. The van der Waals surface area contributed by atoms with Gasteiger partial charge in [0.15, 0.2) is 0 Å². The maximum Gasteiger partial charge on any atom is 0.416 e. The average Bonchev–Trinajstić information content (AvgIpc) is 2.69. The minimum Gasteiger partial charge on any atom is -0.254 e. The highest BCUT2D eigenvalue weighted by Crippen LogP contribution is 2.42. The Labute approximate surface area is 135 Å². The lowest BCUT2D eigenvalue weighted by Gasteiger charge is -2.10. The summed E-state index contributed by atoms with van der Waals surface area (Å²) in [5, 5.41) is 0.0652. The molecule has 0 N–H and O–H groups in total. The zero-order chi connectivity index (χ0) is 15.9. The van der Waals surface area contributed by atoms with Crippen molar-refractivity contribution in [3.63, 3.8) is 0 Å². The van der Waals surface area contributed by atoms with Gasteiger partial charge in [-0.1, -0.05) is 23.2 Å². The summed E-state index contributed by atoms with van der Waals surface area (Å²) in [6, 6.07) is 1.62. The fourth-order valence-corrected chi connectivity index (χ4v) is 4.52. The third kappa shape index (κ3) is 3.41. The third-order valence-electron chi connectivity index (χ3n) is 2.60. The van der Waals surface area contributed by atoms with Crippen LogP contribution in [0.25, 0.3) is 10.6 Å². The lowest BCUT2D eigenvalue weighted by Crippen LogP contribution is -2.05. The summed E-state index contributed by atoms with van der Waals surface area (Å²) in [4.78, 5) is 4.19. The predicted molar refractivity (Wildman–Crippen MR) is 79.6 cm³/mol. The molecule has 0 bridgehead atoms. The maximum atomic E-state index is 12.7. The molecule has 2 nitrogen and oxygen atoms in total. The van der Waals surface area contributed by atoms with Gasteiger partial charge in [0.2, 0.25) is 0 Å². The number of thiazole rings is 1. The molecule has 0 saturated heterocycles. The van der Waals surface area contributed by atoms with E-state index in [1.807, 2.05) is 0 Å². The van der Waals surface area contributed by atoms with E-state index in [0.717, 1.165) is 23.5 Å². The summed E-state index contributed by atoms with van der Waals surface area (Å²) in [6.07, 6.45) is -3.03. The van der Waals surface area contributed by atoms with E-state index in [4.69, 9.17) is 23.2 Å². The highest BCUT2D eigenvalue weighted by Gasteiger charge is 2.32. The van der Waals surface area contributed by atoms with Crippen molar-refractivity contribution in [1.29, 1.82) is 0 Å². The number of rotatable bonds is 2. The Hall–Kier alpha value is -0.630. The van der Waals surface area contributed by atoms with Gasteiger partial charge in [-0.3, -0.25) is 4.21 Å². The summed E-state index contributed by atoms with van der Waals surface area (Å²) in [6.45, 7) is 1.67. The highest BCUT2D eigenvalue weighted by atomic mass is 35.5. The minimum absolute atomic E-state index is 0.142. The zero-order valence-corrected chi connectivity index (χ0v) is 13.9. The van der Waals surface area contributed by atoms with Crippen LogP contribution in [0.15, 0.2) is 16.3 Å². The van der Waals surface area contributed by atoms with Crippen LogP contribution in [-0.2, 0) is 17.0 Å². The number of hydrogen-bond acceptors (Lipinski definition) is 3. The Morgan fingerprint density at radius 1 is 1.24 bits per heavy atom. The van der Waals surface area contributed by atoms with Crippen LogP contribution >= 0.6 is 34.5 Å². The number of nitrogens with zero attached hydrogens (tertiary/aromatic N) is 1. The summed E-state index contributed by atoms with van der Waals surface area (Å²) < 4.78 is 50.1. The van der Waals surface area contributed by atoms with Crippen molar-refractivity contribution in [2.45, 2.75) is 17.3 Å². The van der Waals surface area contributed by atoms with Gasteiger partial charge in [0.25, 0.3) is 0 Å². The molecule has 0 saturated carbocycles. The monoisotopic (exact) mass is 373 g/mol. The molecule has 2 aromatic rings.